The summed E-state index contributed by atoms with van der Waals surface area (Å²) in [7, 11) is 0. The Morgan fingerprint density at radius 3 is 2.62 bits per heavy atom. The van der Waals surface area contributed by atoms with Gasteiger partial charge in [-0.05, 0) is 44.0 Å². The second-order valence-corrected chi connectivity index (χ2v) is 6.42. The first kappa shape index (κ1) is 20.1. The SMILES string of the molecule is CCOc1ccc(C(=O)OCc2cc(=O)oc3c(C)c(C)ccc23)cc1[N+](=O)[O-]. The van der Waals surface area contributed by atoms with Gasteiger partial charge >= 0.3 is 17.3 Å². The van der Waals surface area contributed by atoms with E-state index in [2.05, 4.69) is 0 Å². The quantitative estimate of drug-likeness (QED) is 0.267. The standard InChI is InChI=1S/C21H19NO7/c1-4-27-18-8-6-14(9-17(18)22(25)26)21(24)28-11-15-10-19(23)29-20-13(3)12(2)5-7-16(15)20/h5-10H,4,11H2,1-3H3. The van der Waals surface area contributed by atoms with Crippen molar-refractivity contribution in [3.05, 3.63) is 79.2 Å². The molecule has 2 aromatic carbocycles. The lowest BCUT2D eigenvalue weighted by atomic mass is 10.0. The fraction of sp³-hybridized carbons (Fsp3) is 0.238. The number of hydrogen-bond donors (Lipinski definition) is 0. The summed E-state index contributed by atoms with van der Waals surface area (Å²) < 4.78 is 15.8. The van der Waals surface area contributed by atoms with Gasteiger partial charge in [0.15, 0.2) is 5.75 Å². The maximum atomic E-state index is 12.4. The monoisotopic (exact) mass is 397 g/mol. The van der Waals surface area contributed by atoms with Crippen molar-refractivity contribution in [2.75, 3.05) is 6.61 Å². The van der Waals surface area contributed by atoms with Crippen LogP contribution >= 0.6 is 0 Å². The van der Waals surface area contributed by atoms with E-state index in [9.17, 15) is 19.7 Å². The van der Waals surface area contributed by atoms with Crippen molar-refractivity contribution in [1.82, 2.24) is 0 Å². The van der Waals surface area contributed by atoms with Gasteiger partial charge in [0.05, 0.1) is 17.1 Å². The van der Waals surface area contributed by atoms with Gasteiger partial charge < -0.3 is 13.9 Å². The van der Waals surface area contributed by atoms with Crippen LogP contribution in [0.3, 0.4) is 0 Å². The van der Waals surface area contributed by atoms with E-state index in [4.69, 9.17) is 13.9 Å². The molecule has 8 heteroatoms. The Labute approximate surface area is 165 Å². The first-order valence-electron chi connectivity index (χ1n) is 8.93. The molecule has 1 aromatic heterocycles. The molecule has 0 N–H and O–H groups in total. The molecule has 0 amide bonds. The summed E-state index contributed by atoms with van der Waals surface area (Å²) in [6.07, 6.45) is 0. The minimum atomic E-state index is -0.749. The summed E-state index contributed by atoms with van der Waals surface area (Å²) in [5.41, 5.74) is 1.88. The molecular formula is C21H19NO7. The third-order valence-corrected chi connectivity index (χ3v) is 4.57. The first-order valence-corrected chi connectivity index (χ1v) is 8.93. The Kier molecular flexibility index (Phi) is 5.63. The van der Waals surface area contributed by atoms with Crippen LogP contribution in [0.15, 0.2) is 45.6 Å². The number of hydrogen-bond acceptors (Lipinski definition) is 7. The van der Waals surface area contributed by atoms with Crippen molar-refractivity contribution >= 4 is 22.6 Å². The summed E-state index contributed by atoms with van der Waals surface area (Å²) in [5.74, 6) is -0.673. The van der Waals surface area contributed by atoms with Gasteiger partial charge in [0.25, 0.3) is 0 Å². The Morgan fingerprint density at radius 1 is 1.17 bits per heavy atom. The van der Waals surface area contributed by atoms with Crippen LogP contribution in [0.2, 0.25) is 0 Å². The Hall–Kier alpha value is -3.68. The van der Waals surface area contributed by atoms with Crippen LogP contribution in [0.25, 0.3) is 11.0 Å². The topological polar surface area (TPSA) is 109 Å². The summed E-state index contributed by atoms with van der Waals surface area (Å²) >= 11 is 0. The zero-order valence-corrected chi connectivity index (χ0v) is 16.2. The predicted octanol–water partition coefficient (Wildman–Crippen LogP) is 4.07. The van der Waals surface area contributed by atoms with Crippen LogP contribution in [-0.4, -0.2) is 17.5 Å². The number of carbonyl (C=O) groups is 1. The van der Waals surface area contributed by atoms with Gasteiger partial charge in [-0.2, -0.15) is 0 Å². The molecule has 1 heterocycles. The average molecular weight is 397 g/mol. The molecule has 0 spiro atoms. The van der Waals surface area contributed by atoms with Crippen LogP contribution in [0.5, 0.6) is 5.75 Å². The largest absolute Gasteiger partial charge is 0.487 e. The van der Waals surface area contributed by atoms with Crippen molar-refractivity contribution in [3.8, 4) is 5.75 Å². The minimum absolute atomic E-state index is 0.0134. The summed E-state index contributed by atoms with van der Waals surface area (Å²) in [4.78, 5) is 34.9. The van der Waals surface area contributed by atoms with Crippen LogP contribution in [0.4, 0.5) is 5.69 Å². The number of nitro groups is 1. The lowest BCUT2D eigenvalue weighted by molar-refractivity contribution is -0.385. The summed E-state index contributed by atoms with van der Waals surface area (Å²) in [6.45, 7) is 5.53. The van der Waals surface area contributed by atoms with Crippen molar-refractivity contribution in [2.45, 2.75) is 27.4 Å². The van der Waals surface area contributed by atoms with Crippen molar-refractivity contribution in [1.29, 1.82) is 0 Å². The number of aryl methyl sites for hydroxylation is 2. The Balaban J connectivity index is 1.88. The lowest BCUT2D eigenvalue weighted by Crippen LogP contribution is -2.09. The Morgan fingerprint density at radius 2 is 1.93 bits per heavy atom. The van der Waals surface area contributed by atoms with E-state index in [0.29, 0.717) is 16.5 Å². The maximum absolute atomic E-state index is 12.4. The molecule has 0 aliphatic heterocycles. The number of nitrogens with zero attached hydrogens (tertiary/aromatic N) is 1. The molecule has 29 heavy (non-hydrogen) atoms. The number of fused-ring (bicyclic) bond motifs is 1. The van der Waals surface area contributed by atoms with E-state index in [-0.39, 0.29) is 30.2 Å². The van der Waals surface area contributed by atoms with Crippen molar-refractivity contribution in [2.24, 2.45) is 0 Å². The molecular weight excluding hydrogens is 378 g/mol. The molecule has 0 saturated heterocycles. The zero-order valence-electron chi connectivity index (χ0n) is 16.2. The molecule has 3 rings (SSSR count). The number of benzene rings is 2. The van der Waals surface area contributed by atoms with Crippen LogP contribution < -0.4 is 10.4 Å². The maximum Gasteiger partial charge on any atom is 0.338 e. The predicted molar refractivity (Wildman–Crippen MR) is 105 cm³/mol. The third kappa shape index (κ3) is 4.11. The lowest BCUT2D eigenvalue weighted by Gasteiger charge is -2.10. The molecule has 0 saturated carbocycles. The average Bonchev–Trinajstić information content (AvgIpc) is 2.69. The second kappa shape index (κ2) is 8.14. The molecule has 0 fully saturated rings. The Bertz CT molecular complexity index is 1160. The van der Waals surface area contributed by atoms with E-state index in [1.54, 1.807) is 13.0 Å². The first-order chi connectivity index (χ1) is 13.8. The zero-order chi connectivity index (χ0) is 21.1. The molecule has 0 bridgehead atoms. The van der Waals surface area contributed by atoms with Crippen LogP contribution in [0, 0.1) is 24.0 Å². The minimum Gasteiger partial charge on any atom is -0.487 e. The van der Waals surface area contributed by atoms with Crippen LogP contribution in [0.1, 0.15) is 34.0 Å². The summed E-state index contributed by atoms with van der Waals surface area (Å²) in [6, 6.07) is 8.82. The highest BCUT2D eigenvalue weighted by Crippen LogP contribution is 2.29. The number of rotatable bonds is 6. The third-order valence-electron chi connectivity index (χ3n) is 4.57. The van der Waals surface area contributed by atoms with Gasteiger partial charge in [-0.15, -0.1) is 0 Å². The highest BCUT2D eigenvalue weighted by Gasteiger charge is 2.20. The summed E-state index contributed by atoms with van der Waals surface area (Å²) in [5, 5.41) is 11.9. The fourth-order valence-electron chi connectivity index (χ4n) is 2.94. The smallest absolute Gasteiger partial charge is 0.338 e. The van der Waals surface area contributed by atoms with E-state index in [1.807, 2.05) is 19.9 Å². The van der Waals surface area contributed by atoms with Gasteiger partial charge in [-0.3, -0.25) is 10.1 Å². The number of ether oxygens (including phenoxy) is 2. The molecule has 0 unspecified atom stereocenters. The molecule has 8 nitrogen and oxygen atoms in total. The van der Waals surface area contributed by atoms with Gasteiger partial charge in [-0.25, -0.2) is 9.59 Å². The number of carbonyl (C=O) groups excluding carboxylic acids is 1. The molecule has 3 aromatic rings. The molecule has 0 atom stereocenters. The highest BCUT2D eigenvalue weighted by molar-refractivity contribution is 5.91. The van der Waals surface area contributed by atoms with Gasteiger partial charge in [0, 0.05) is 23.1 Å². The van der Waals surface area contributed by atoms with Gasteiger partial charge in [-0.1, -0.05) is 12.1 Å². The van der Waals surface area contributed by atoms with E-state index >= 15 is 0 Å². The molecule has 0 aliphatic carbocycles. The van der Waals surface area contributed by atoms with E-state index in [1.165, 1.54) is 18.2 Å². The normalized spacial score (nSPS) is 10.7. The molecule has 150 valence electrons. The number of nitro benzene ring substituents is 1. The molecule has 0 radical (unpaired) electrons. The fourth-order valence-corrected chi connectivity index (χ4v) is 2.94. The highest BCUT2D eigenvalue weighted by atomic mass is 16.6. The van der Waals surface area contributed by atoms with Gasteiger partial charge in [0.2, 0.25) is 0 Å². The number of esters is 1. The van der Waals surface area contributed by atoms with Gasteiger partial charge in [0.1, 0.15) is 12.2 Å². The second-order valence-electron chi connectivity index (χ2n) is 6.42. The molecule has 0 aliphatic rings. The van der Waals surface area contributed by atoms with Crippen molar-refractivity contribution in [3.63, 3.8) is 0 Å². The van der Waals surface area contributed by atoms with Crippen LogP contribution in [-0.2, 0) is 11.3 Å². The van der Waals surface area contributed by atoms with E-state index in [0.717, 1.165) is 17.2 Å². The van der Waals surface area contributed by atoms with Crippen molar-refractivity contribution < 1.29 is 23.6 Å². The van der Waals surface area contributed by atoms with E-state index < -0.39 is 16.5 Å².